The third kappa shape index (κ3) is 8.58. The van der Waals surface area contributed by atoms with Crippen LogP contribution in [-0.2, 0) is 9.53 Å². The Labute approximate surface area is 242 Å². The maximum Gasteiger partial charge on any atom is 0.338 e. The van der Waals surface area contributed by atoms with E-state index < -0.39 is 0 Å². The van der Waals surface area contributed by atoms with Gasteiger partial charge in [-0.3, -0.25) is 4.79 Å². The van der Waals surface area contributed by atoms with Gasteiger partial charge in [-0.25, -0.2) is 9.78 Å². The molecule has 40 heavy (non-hydrogen) atoms. The predicted octanol–water partition coefficient (Wildman–Crippen LogP) is 8.98. The molecular weight excluding hydrogens is 522 g/mol. The number of ether oxygens (including phenoxy) is 1. The van der Waals surface area contributed by atoms with Crippen molar-refractivity contribution in [3.05, 3.63) is 41.5 Å². The minimum absolute atomic E-state index is 0.163. The Bertz CT molecular complexity index is 1310. The zero-order valence-corrected chi connectivity index (χ0v) is 25.6. The molecule has 0 spiro atoms. The topological polar surface area (TPSA) is 96.3 Å². The Kier molecular flexibility index (Phi) is 12.1. The lowest BCUT2D eigenvalue weighted by Crippen LogP contribution is -2.26. The van der Waals surface area contributed by atoms with Crippen molar-refractivity contribution in [1.82, 2.24) is 4.98 Å². The largest absolute Gasteiger partial charge is 0.462 e. The number of azo groups is 1. The molecule has 0 fully saturated rings. The van der Waals surface area contributed by atoms with Crippen LogP contribution in [0.1, 0.15) is 89.1 Å². The first kappa shape index (κ1) is 31.2. The third-order valence-corrected chi connectivity index (χ3v) is 7.89. The van der Waals surface area contributed by atoms with E-state index in [1.54, 1.807) is 18.2 Å². The van der Waals surface area contributed by atoms with Crippen LogP contribution in [0.2, 0.25) is 0 Å². The number of benzene rings is 2. The van der Waals surface area contributed by atoms with Gasteiger partial charge in [-0.15, -0.1) is 10.2 Å². The number of esters is 1. The zero-order chi connectivity index (χ0) is 29.1. The van der Waals surface area contributed by atoms with Crippen LogP contribution in [0.5, 0.6) is 0 Å². The highest BCUT2D eigenvalue weighted by Crippen LogP contribution is 2.36. The number of nitrogens with one attached hydrogen (secondary N) is 1. The maximum atomic E-state index is 12.6. The van der Waals surface area contributed by atoms with Gasteiger partial charge in [0.05, 0.1) is 28.1 Å². The molecule has 0 aliphatic carbocycles. The highest BCUT2D eigenvalue weighted by atomic mass is 32.1. The first-order valence-corrected chi connectivity index (χ1v) is 15.3. The number of thiazole rings is 1. The molecule has 1 N–H and O–H groups in total. The number of hydrogen-bond acceptors (Lipinski definition) is 8. The molecule has 9 heteroatoms. The Balaban J connectivity index is 1.86. The number of rotatable bonds is 15. The summed E-state index contributed by atoms with van der Waals surface area (Å²) in [5, 5.41) is 12.3. The summed E-state index contributed by atoms with van der Waals surface area (Å²) >= 11 is 1.36. The van der Waals surface area contributed by atoms with Gasteiger partial charge in [0.2, 0.25) is 11.0 Å². The molecule has 0 aliphatic rings. The number of hydrogen-bond donors (Lipinski definition) is 1. The molecule has 0 radical (unpaired) electrons. The van der Waals surface area contributed by atoms with Crippen molar-refractivity contribution in [1.29, 1.82) is 0 Å². The van der Waals surface area contributed by atoms with Crippen LogP contribution in [0.15, 0.2) is 40.6 Å². The van der Waals surface area contributed by atoms with Gasteiger partial charge in [-0.2, -0.15) is 0 Å². The Morgan fingerprint density at radius 2 is 1.73 bits per heavy atom. The maximum absolute atomic E-state index is 12.6. The van der Waals surface area contributed by atoms with Gasteiger partial charge in [0.25, 0.3) is 0 Å². The molecule has 1 amide bonds. The van der Waals surface area contributed by atoms with Crippen molar-refractivity contribution in [2.24, 2.45) is 16.1 Å². The van der Waals surface area contributed by atoms with Crippen molar-refractivity contribution >= 4 is 55.6 Å². The molecule has 0 saturated heterocycles. The van der Waals surface area contributed by atoms with Gasteiger partial charge >= 0.3 is 5.97 Å². The summed E-state index contributed by atoms with van der Waals surface area (Å²) in [7, 11) is 0. The lowest BCUT2D eigenvalue weighted by atomic mass is 10.1. The number of unbranched alkanes of at least 4 members (excludes halogenated alkanes) is 2. The fourth-order valence-electron chi connectivity index (χ4n) is 4.43. The molecule has 1 heterocycles. The third-order valence-electron chi connectivity index (χ3n) is 6.99. The molecule has 0 atom stereocenters. The monoisotopic (exact) mass is 565 g/mol. The number of fused-ring (bicyclic) bond motifs is 1. The van der Waals surface area contributed by atoms with E-state index in [1.807, 2.05) is 12.1 Å². The highest BCUT2D eigenvalue weighted by molar-refractivity contribution is 7.21. The van der Waals surface area contributed by atoms with Gasteiger partial charge in [0.1, 0.15) is 5.69 Å². The van der Waals surface area contributed by atoms with Crippen molar-refractivity contribution in [3.8, 4) is 0 Å². The molecule has 0 unspecified atom stereocenters. The van der Waals surface area contributed by atoms with E-state index in [4.69, 9.17) is 4.74 Å². The second-order valence-corrected chi connectivity index (χ2v) is 11.2. The molecule has 8 nitrogen and oxygen atoms in total. The Morgan fingerprint density at radius 1 is 1.02 bits per heavy atom. The number of amides is 1. The molecular formula is C31H43N5O3S. The quantitative estimate of drug-likeness (QED) is 0.146. The predicted molar refractivity (Wildman–Crippen MR) is 166 cm³/mol. The molecule has 0 bridgehead atoms. The summed E-state index contributed by atoms with van der Waals surface area (Å²) in [6.07, 6.45) is 6.41. The van der Waals surface area contributed by atoms with Crippen molar-refractivity contribution in [2.75, 3.05) is 29.9 Å². The van der Waals surface area contributed by atoms with Gasteiger partial charge in [-0.05, 0) is 61.6 Å². The first-order valence-electron chi connectivity index (χ1n) is 14.5. The second kappa shape index (κ2) is 15.5. The summed E-state index contributed by atoms with van der Waals surface area (Å²) < 4.78 is 6.36. The van der Waals surface area contributed by atoms with E-state index in [9.17, 15) is 9.59 Å². The van der Waals surface area contributed by atoms with E-state index in [1.165, 1.54) is 18.3 Å². The van der Waals surface area contributed by atoms with E-state index in [-0.39, 0.29) is 11.9 Å². The average Bonchev–Trinajstić information content (AvgIpc) is 3.35. The summed E-state index contributed by atoms with van der Waals surface area (Å²) in [6, 6.07) is 9.31. The molecule has 2 aromatic carbocycles. The molecule has 3 aromatic rings. The van der Waals surface area contributed by atoms with Gasteiger partial charge in [0, 0.05) is 25.7 Å². The summed E-state index contributed by atoms with van der Waals surface area (Å²) in [4.78, 5) is 31.6. The fourth-order valence-corrected chi connectivity index (χ4v) is 5.25. The van der Waals surface area contributed by atoms with Crippen molar-refractivity contribution < 1.29 is 14.3 Å². The van der Waals surface area contributed by atoms with Crippen LogP contribution in [0.25, 0.3) is 10.2 Å². The molecule has 1 aromatic heterocycles. The van der Waals surface area contributed by atoms with E-state index in [0.29, 0.717) is 34.6 Å². The van der Waals surface area contributed by atoms with Gasteiger partial charge < -0.3 is 15.0 Å². The van der Waals surface area contributed by atoms with Gasteiger partial charge in [0.15, 0.2) is 0 Å². The smallest absolute Gasteiger partial charge is 0.338 e. The molecule has 0 saturated carbocycles. The van der Waals surface area contributed by atoms with Gasteiger partial charge in [-0.1, -0.05) is 64.7 Å². The summed E-state index contributed by atoms with van der Waals surface area (Å²) in [5.41, 5.74) is 4.63. The number of aromatic nitrogens is 1. The number of carbonyl (C=O) groups excluding carboxylic acids is 2. The van der Waals surface area contributed by atoms with Crippen LogP contribution in [0.3, 0.4) is 0 Å². The van der Waals surface area contributed by atoms with E-state index >= 15 is 0 Å². The highest BCUT2D eigenvalue weighted by Gasteiger charge is 2.16. The Hall–Kier alpha value is -3.33. The van der Waals surface area contributed by atoms with E-state index in [2.05, 4.69) is 60.0 Å². The van der Waals surface area contributed by atoms with Crippen molar-refractivity contribution in [2.45, 2.75) is 80.1 Å². The molecule has 3 rings (SSSR count). The van der Waals surface area contributed by atoms with Crippen LogP contribution < -0.4 is 10.2 Å². The number of aryl methyl sites for hydroxylation is 1. The minimum Gasteiger partial charge on any atom is -0.462 e. The lowest BCUT2D eigenvalue weighted by Gasteiger charge is -2.27. The molecule has 0 aliphatic heterocycles. The van der Waals surface area contributed by atoms with Crippen LogP contribution in [0, 0.1) is 12.8 Å². The van der Waals surface area contributed by atoms with Crippen molar-refractivity contribution in [3.63, 3.8) is 0 Å². The summed E-state index contributed by atoms with van der Waals surface area (Å²) in [6.45, 7) is 14.5. The van der Waals surface area contributed by atoms with Crippen LogP contribution >= 0.6 is 11.3 Å². The Morgan fingerprint density at radius 3 is 2.35 bits per heavy atom. The SMILES string of the molecule is CCCCN(CCCC)c1cc(NC(C)=O)c(N=Nc2nc3ccc(C(=O)OCC(CC)CC)cc3s2)cc1C. The zero-order valence-electron chi connectivity index (χ0n) is 24.7. The van der Waals surface area contributed by atoms with Crippen LogP contribution in [-0.4, -0.2) is 36.6 Å². The molecule has 216 valence electrons. The lowest BCUT2D eigenvalue weighted by molar-refractivity contribution is -0.114. The second-order valence-electron chi connectivity index (χ2n) is 10.2. The average molecular weight is 566 g/mol. The standard InChI is InChI=1S/C31H43N5O3S/c1-7-11-15-36(16-12-8-2)28-19-26(32-22(6)37)27(17-21(28)5)34-35-31-33-25-14-13-24(18-29(25)40-31)30(38)39-20-23(9-3)10-4/h13-14,17-19,23H,7-12,15-16,20H2,1-6H3,(H,32,37). The number of nitrogens with zero attached hydrogens (tertiary/aromatic N) is 4. The normalized spacial score (nSPS) is 11.5. The fraction of sp³-hybridized carbons (Fsp3) is 0.516. The number of anilines is 2. The summed E-state index contributed by atoms with van der Waals surface area (Å²) in [5.74, 6) is -0.115. The van der Waals surface area contributed by atoms with Crippen LogP contribution in [0.4, 0.5) is 22.2 Å². The first-order chi connectivity index (χ1) is 19.3. The van der Waals surface area contributed by atoms with E-state index in [0.717, 1.165) is 73.1 Å². The number of carbonyl (C=O) groups is 2. The minimum atomic E-state index is -0.326.